The molecule has 0 aliphatic carbocycles. The van der Waals surface area contributed by atoms with Gasteiger partial charge in [-0.05, 0) is 25.5 Å². The molecule has 1 aliphatic rings. The summed E-state index contributed by atoms with van der Waals surface area (Å²) < 4.78 is 0. The number of hydrogen-bond donors (Lipinski definition) is 1. The number of carbonyl (C=O) groups excluding carboxylic acids is 1. The predicted molar refractivity (Wildman–Crippen MR) is 74.0 cm³/mol. The smallest absolute Gasteiger partial charge is 0.219 e. The van der Waals surface area contributed by atoms with E-state index in [1.165, 1.54) is 0 Å². The molecule has 1 fully saturated rings. The number of amides is 1. The normalized spacial score (nSPS) is 18.5. The maximum absolute atomic E-state index is 11.4. The number of aryl methyl sites for hydroxylation is 1. The Kier molecular flexibility index (Phi) is 3.22. The van der Waals surface area contributed by atoms with Crippen LogP contribution in [0.1, 0.15) is 30.8 Å². The van der Waals surface area contributed by atoms with Gasteiger partial charge in [0, 0.05) is 37.8 Å². The van der Waals surface area contributed by atoms with E-state index in [9.17, 15) is 4.79 Å². The quantitative estimate of drug-likeness (QED) is 0.898. The summed E-state index contributed by atoms with van der Waals surface area (Å²) in [6, 6.07) is 3.83. The van der Waals surface area contributed by atoms with Gasteiger partial charge >= 0.3 is 0 Å². The summed E-state index contributed by atoms with van der Waals surface area (Å²) in [5, 5.41) is 6.87. The van der Waals surface area contributed by atoms with Crippen LogP contribution in [0.4, 0.5) is 0 Å². The lowest BCUT2D eigenvalue weighted by atomic mass is 10.1. The molecule has 104 valence electrons. The molecule has 2 aromatic rings. The number of likely N-dealkylation sites (tertiary alicyclic amines) is 1. The van der Waals surface area contributed by atoms with Gasteiger partial charge in [0.25, 0.3) is 0 Å². The van der Waals surface area contributed by atoms with E-state index in [1.807, 2.05) is 24.0 Å². The number of aromatic amines is 1. The van der Waals surface area contributed by atoms with Crippen LogP contribution >= 0.6 is 0 Å². The molecule has 2 aromatic heterocycles. The summed E-state index contributed by atoms with van der Waals surface area (Å²) in [7, 11) is 0. The first kappa shape index (κ1) is 12.8. The molecular weight excluding hydrogens is 254 g/mol. The summed E-state index contributed by atoms with van der Waals surface area (Å²) in [5.41, 5.74) is 2.67. The molecule has 1 amide bonds. The minimum absolute atomic E-state index is 0.119. The molecule has 3 rings (SSSR count). The summed E-state index contributed by atoms with van der Waals surface area (Å²) in [4.78, 5) is 22.4. The van der Waals surface area contributed by atoms with Crippen LogP contribution in [0.25, 0.3) is 11.4 Å². The zero-order valence-corrected chi connectivity index (χ0v) is 11.6. The molecule has 0 saturated carbocycles. The zero-order valence-electron chi connectivity index (χ0n) is 11.6. The highest BCUT2D eigenvalue weighted by Gasteiger charge is 2.27. The van der Waals surface area contributed by atoms with Gasteiger partial charge in [0.15, 0.2) is 0 Å². The van der Waals surface area contributed by atoms with Crippen LogP contribution in [0.5, 0.6) is 0 Å². The van der Waals surface area contributed by atoms with Gasteiger partial charge in [-0.2, -0.15) is 5.10 Å². The fourth-order valence-corrected chi connectivity index (χ4v) is 2.57. The minimum Gasteiger partial charge on any atom is -0.342 e. The zero-order chi connectivity index (χ0) is 14.1. The van der Waals surface area contributed by atoms with Crippen molar-refractivity contribution in [2.75, 3.05) is 13.1 Å². The van der Waals surface area contributed by atoms with Crippen molar-refractivity contribution in [3.8, 4) is 11.4 Å². The summed E-state index contributed by atoms with van der Waals surface area (Å²) in [6.45, 7) is 5.07. The van der Waals surface area contributed by atoms with Gasteiger partial charge in [-0.3, -0.25) is 9.89 Å². The molecule has 1 aliphatic heterocycles. The highest BCUT2D eigenvalue weighted by Crippen LogP contribution is 2.26. The van der Waals surface area contributed by atoms with E-state index in [-0.39, 0.29) is 11.8 Å². The molecule has 1 saturated heterocycles. The van der Waals surface area contributed by atoms with Crippen molar-refractivity contribution in [2.45, 2.75) is 26.2 Å². The Labute approximate surface area is 117 Å². The van der Waals surface area contributed by atoms with Gasteiger partial charge in [-0.15, -0.1) is 0 Å². The molecule has 1 atom stereocenters. The molecule has 20 heavy (non-hydrogen) atoms. The first-order valence-electron chi connectivity index (χ1n) is 6.74. The van der Waals surface area contributed by atoms with E-state index >= 15 is 0 Å². The fraction of sp³-hybridized carbons (Fsp3) is 0.429. The van der Waals surface area contributed by atoms with E-state index < -0.39 is 0 Å². The highest BCUT2D eigenvalue weighted by molar-refractivity contribution is 5.73. The maximum Gasteiger partial charge on any atom is 0.219 e. The molecule has 3 heterocycles. The Hall–Kier alpha value is -2.24. The van der Waals surface area contributed by atoms with Gasteiger partial charge in [0.05, 0.1) is 11.4 Å². The Morgan fingerprint density at radius 3 is 2.95 bits per heavy atom. The maximum atomic E-state index is 11.4. The van der Waals surface area contributed by atoms with Crippen LogP contribution in [0.2, 0.25) is 0 Å². The number of carbonyl (C=O) groups is 1. The van der Waals surface area contributed by atoms with Crippen molar-refractivity contribution in [3.05, 3.63) is 29.8 Å². The highest BCUT2D eigenvalue weighted by atomic mass is 16.2. The van der Waals surface area contributed by atoms with Gasteiger partial charge in [0.2, 0.25) is 5.91 Å². The average Bonchev–Trinajstić information content (AvgIpc) is 3.10. The first-order valence-corrected chi connectivity index (χ1v) is 6.74. The van der Waals surface area contributed by atoms with Crippen LogP contribution in [0.15, 0.2) is 18.3 Å². The third-order valence-electron chi connectivity index (χ3n) is 3.65. The second kappa shape index (κ2) is 5.03. The molecule has 6 heteroatoms. The molecule has 0 spiro atoms. The average molecular weight is 271 g/mol. The van der Waals surface area contributed by atoms with Gasteiger partial charge < -0.3 is 4.90 Å². The van der Waals surface area contributed by atoms with Crippen molar-refractivity contribution in [1.82, 2.24) is 25.1 Å². The van der Waals surface area contributed by atoms with Crippen LogP contribution in [-0.2, 0) is 4.79 Å². The van der Waals surface area contributed by atoms with Crippen LogP contribution in [0, 0.1) is 6.92 Å². The van der Waals surface area contributed by atoms with Crippen molar-refractivity contribution < 1.29 is 4.79 Å². The van der Waals surface area contributed by atoms with E-state index in [4.69, 9.17) is 0 Å². The van der Waals surface area contributed by atoms with E-state index in [0.29, 0.717) is 6.54 Å². The minimum atomic E-state index is 0.119. The van der Waals surface area contributed by atoms with Crippen molar-refractivity contribution in [2.24, 2.45) is 0 Å². The molecule has 1 N–H and O–H groups in total. The Morgan fingerprint density at radius 1 is 1.45 bits per heavy atom. The molecule has 0 aromatic carbocycles. The number of nitrogens with one attached hydrogen (secondary N) is 1. The Balaban J connectivity index is 1.89. The number of hydrogen-bond acceptors (Lipinski definition) is 4. The van der Waals surface area contributed by atoms with E-state index in [2.05, 4.69) is 20.2 Å². The lowest BCUT2D eigenvalue weighted by molar-refractivity contribution is -0.127. The van der Waals surface area contributed by atoms with Crippen LogP contribution in [0.3, 0.4) is 0 Å². The lowest BCUT2D eigenvalue weighted by Crippen LogP contribution is -2.25. The number of nitrogens with zero attached hydrogens (tertiary/aromatic N) is 4. The summed E-state index contributed by atoms with van der Waals surface area (Å²) >= 11 is 0. The van der Waals surface area contributed by atoms with E-state index in [0.717, 1.165) is 35.9 Å². The summed E-state index contributed by atoms with van der Waals surface area (Å²) in [6.07, 6.45) is 2.63. The second-order valence-electron chi connectivity index (χ2n) is 5.17. The van der Waals surface area contributed by atoms with E-state index in [1.54, 1.807) is 13.1 Å². The Bertz CT molecular complexity index is 622. The number of rotatable bonds is 2. The lowest BCUT2D eigenvalue weighted by Gasteiger charge is -2.14. The monoisotopic (exact) mass is 271 g/mol. The van der Waals surface area contributed by atoms with Gasteiger partial charge in [0.1, 0.15) is 5.82 Å². The Morgan fingerprint density at radius 2 is 2.30 bits per heavy atom. The molecular formula is C14H17N5O. The third kappa shape index (κ3) is 2.41. The first-order chi connectivity index (χ1) is 9.63. The number of H-pyrrole nitrogens is 1. The number of aromatic nitrogens is 4. The van der Waals surface area contributed by atoms with Crippen LogP contribution < -0.4 is 0 Å². The largest absolute Gasteiger partial charge is 0.342 e. The van der Waals surface area contributed by atoms with Crippen molar-refractivity contribution >= 4 is 5.91 Å². The molecule has 0 bridgehead atoms. The van der Waals surface area contributed by atoms with Crippen molar-refractivity contribution in [3.63, 3.8) is 0 Å². The molecule has 1 unspecified atom stereocenters. The molecule has 6 nitrogen and oxygen atoms in total. The summed E-state index contributed by atoms with van der Waals surface area (Å²) in [5.74, 6) is 1.16. The third-order valence-corrected chi connectivity index (χ3v) is 3.65. The second-order valence-corrected chi connectivity index (χ2v) is 5.17. The topological polar surface area (TPSA) is 74.8 Å². The standard InChI is InChI=1S/C14H17N5O/c1-9-7-13(12-3-5-15-18-12)17-14(16-9)11-4-6-19(8-11)10(2)20/h3,5,7,11H,4,6,8H2,1-2H3,(H,15,18). The SMILES string of the molecule is CC(=O)N1CCC(c2nc(C)cc(-c3ccn[nH]3)n2)C1. The van der Waals surface area contributed by atoms with Crippen LogP contribution in [-0.4, -0.2) is 44.1 Å². The molecule has 0 radical (unpaired) electrons. The predicted octanol–water partition coefficient (Wildman–Crippen LogP) is 1.51. The van der Waals surface area contributed by atoms with Crippen molar-refractivity contribution in [1.29, 1.82) is 0 Å². The van der Waals surface area contributed by atoms with Gasteiger partial charge in [-0.25, -0.2) is 9.97 Å². The van der Waals surface area contributed by atoms with Gasteiger partial charge in [-0.1, -0.05) is 0 Å². The fourth-order valence-electron chi connectivity index (χ4n) is 2.57.